The van der Waals surface area contributed by atoms with Crippen molar-refractivity contribution in [3.05, 3.63) is 54.0 Å². The predicted molar refractivity (Wildman–Crippen MR) is 96.6 cm³/mol. The Kier molecular flexibility index (Phi) is 6.01. The number of benzene rings is 1. The Labute approximate surface area is 152 Å². The van der Waals surface area contributed by atoms with Crippen molar-refractivity contribution >= 4 is 6.03 Å². The highest BCUT2D eigenvalue weighted by Crippen LogP contribution is 2.23. The van der Waals surface area contributed by atoms with Gasteiger partial charge in [-0.1, -0.05) is 19.1 Å². The van der Waals surface area contributed by atoms with Crippen molar-refractivity contribution in [2.45, 2.75) is 13.5 Å². The molecule has 0 radical (unpaired) electrons. The van der Waals surface area contributed by atoms with Gasteiger partial charge < -0.3 is 19.9 Å². The normalized spacial score (nSPS) is 14.9. The zero-order valence-electron chi connectivity index (χ0n) is 14.8. The van der Waals surface area contributed by atoms with Crippen LogP contribution < -0.4 is 10.1 Å². The number of nitrogens with one attached hydrogen (secondary N) is 1. The molecule has 1 aliphatic heterocycles. The molecule has 0 aliphatic carbocycles. The fourth-order valence-corrected chi connectivity index (χ4v) is 2.84. The molecule has 7 heteroatoms. The monoisotopic (exact) mass is 358 g/mol. The fourth-order valence-electron chi connectivity index (χ4n) is 2.84. The Morgan fingerprint density at radius 2 is 2.04 bits per heavy atom. The molecule has 0 saturated carbocycles. The van der Waals surface area contributed by atoms with E-state index in [4.69, 9.17) is 4.74 Å². The molecule has 3 rings (SSSR count). The van der Waals surface area contributed by atoms with Gasteiger partial charge in [0.25, 0.3) is 0 Å². The Bertz CT molecular complexity index is 748. The van der Waals surface area contributed by atoms with Crippen molar-refractivity contribution < 1.29 is 13.9 Å². The maximum absolute atomic E-state index is 13.3. The van der Waals surface area contributed by atoms with Gasteiger partial charge in [0.1, 0.15) is 11.6 Å². The van der Waals surface area contributed by atoms with Crippen LogP contribution in [0.4, 0.5) is 9.18 Å². The highest BCUT2D eigenvalue weighted by Gasteiger charge is 2.20. The molecule has 1 N–H and O–H groups in total. The van der Waals surface area contributed by atoms with Gasteiger partial charge in [-0.05, 0) is 24.7 Å². The zero-order valence-corrected chi connectivity index (χ0v) is 14.8. The van der Waals surface area contributed by atoms with Crippen LogP contribution in [0.25, 0.3) is 0 Å². The largest absolute Gasteiger partial charge is 0.439 e. The second kappa shape index (κ2) is 8.62. The summed E-state index contributed by atoms with van der Waals surface area (Å²) in [6.45, 7) is 6.66. The van der Waals surface area contributed by atoms with E-state index in [0.29, 0.717) is 18.2 Å². The summed E-state index contributed by atoms with van der Waals surface area (Å²) in [5.74, 6) is 0.348. The van der Waals surface area contributed by atoms with Crippen molar-refractivity contribution in [2.75, 3.05) is 32.7 Å². The summed E-state index contributed by atoms with van der Waals surface area (Å²) in [5, 5.41) is 2.91. The molecule has 1 aliphatic rings. The number of carbonyl (C=O) groups excluding carboxylic acids is 1. The Balaban J connectivity index is 1.59. The minimum Gasteiger partial charge on any atom is -0.439 e. The first-order chi connectivity index (χ1) is 12.7. The van der Waals surface area contributed by atoms with Crippen LogP contribution in [0.1, 0.15) is 12.5 Å². The van der Waals surface area contributed by atoms with Gasteiger partial charge in [0.15, 0.2) is 0 Å². The summed E-state index contributed by atoms with van der Waals surface area (Å²) >= 11 is 0. The van der Waals surface area contributed by atoms with E-state index in [-0.39, 0.29) is 11.8 Å². The molecule has 138 valence electrons. The minimum atomic E-state index is -0.375. The molecule has 1 fully saturated rings. The van der Waals surface area contributed by atoms with Gasteiger partial charge in [-0.2, -0.15) is 0 Å². The third-order valence-corrected chi connectivity index (χ3v) is 4.40. The van der Waals surface area contributed by atoms with Crippen LogP contribution in [-0.2, 0) is 6.54 Å². The first-order valence-electron chi connectivity index (χ1n) is 8.78. The number of ether oxygens (including phenoxy) is 1. The van der Waals surface area contributed by atoms with Gasteiger partial charge in [-0.3, -0.25) is 0 Å². The summed E-state index contributed by atoms with van der Waals surface area (Å²) in [4.78, 5) is 20.7. The standard InChI is InChI=1S/C19H23FN4O2/c1-2-23-9-11-24(12-10-23)19(25)22-14-15-5-4-8-21-18(15)26-17-7-3-6-16(20)13-17/h3-8,13H,2,9-12,14H2,1H3,(H,22,25). The molecule has 0 unspecified atom stereocenters. The predicted octanol–water partition coefficient (Wildman–Crippen LogP) is 2.86. The second-order valence-corrected chi connectivity index (χ2v) is 6.11. The summed E-state index contributed by atoms with van der Waals surface area (Å²) < 4.78 is 19.0. The lowest BCUT2D eigenvalue weighted by molar-refractivity contribution is 0.142. The van der Waals surface area contributed by atoms with Crippen LogP contribution in [0.2, 0.25) is 0 Å². The maximum Gasteiger partial charge on any atom is 0.317 e. The molecule has 6 nitrogen and oxygen atoms in total. The van der Waals surface area contributed by atoms with Crippen LogP contribution >= 0.6 is 0 Å². The van der Waals surface area contributed by atoms with E-state index in [9.17, 15) is 9.18 Å². The number of pyridine rings is 1. The van der Waals surface area contributed by atoms with E-state index in [1.165, 1.54) is 12.1 Å². The van der Waals surface area contributed by atoms with Crippen molar-refractivity contribution in [3.8, 4) is 11.6 Å². The van der Waals surface area contributed by atoms with E-state index in [1.807, 2.05) is 11.0 Å². The van der Waals surface area contributed by atoms with Gasteiger partial charge in [0, 0.05) is 50.6 Å². The van der Waals surface area contributed by atoms with Crippen LogP contribution in [0.15, 0.2) is 42.6 Å². The molecule has 2 aromatic rings. The SMILES string of the molecule is CCN1CCN(C(=O)NCc2cccnc2Oc2cccc(F)c2)CC1. The Hall–Kier alpha value is -2.67. The maximum atomic E-state index is 13.3. The van der Waals surface area contributed by atoms with Crippen molar-refractivity contribution in [3.63, 3.8) is 0 Å². The van der Waals surface area contributed by atoms with E-state index >= 15 is 0 Å². The number of aromatic nitrogens is 1. The molecular formula is C19H23FN4O2. The number of rotatable bonds is 5. The lowest BCUT2D eigenvalue weighted by atomic mass is 10.2. The number of halogens is 1. The average Bonchev–Trinajstić information content (AvgIpc) is 2.67. The smallest absolute Gasteiger partial charge is 0.317 e. The van der Waals surface area contributed by atoms with Crippen LogP contribution in [0.5, 0.6) is 11.6 Å². The van der Waals surface area contributed by atoms with Crippen molar-refractivity contribution in [2.24, 2.45) is 0 Å². The molecule has 0 spiro atoms. The first kappa shape index (κ1) is 18.1. The molecule has 0 atom stereocenters. The lowest BCUT2D eigenvalue weighted by Gasteiger charge is -2.34. The summed E-state index contributed by atoms with van der Waals surface area (Å²) in [5.41, 5.74) is 0.734. The highest BCUT2D eigenvalue weighted by atomic mass is 19.1. The van der Waals surface area contributed by atoms with Gasteiger partial charge >= 0.3 is 6.03 Å². The molecule has 1 saturated heterocycles. The topological polar surface area (TPSA) is 57.7 Å². The number of nitrogens with zero attached hydrogens (tertiary/aromatic N) is 3. The van der Waals surface area contributed by atoms with Gasteiger partial charge in [-0.25, -0.2) is 14.2 Å². The number of carbonyl (C=O) groups is 1. The minimum absolute atomic E-state index is 0.0960. The molecule has 26 heavy (non-hydrogen) atoms. The summed E-state index contributed by atoms with van der Waals surface area (Å²) in [7, 11) is 0. The second-order valence-electron chi connectivity index (χ2n) is 6.11. The van der Waals surface area contributed by atoms with Crippen LogP contribution in [0.3, 0.4) is 0 Å². The van der Waals surface area contributed by atoms with E-state index in [1.54, 1.807) is 24.4 Å². The fraction of sp³-hybridized carbons (Fsp3) is 0.368. The molecule has 0 bridgehead atoms. The third kappa shape index (κ3) is 4.70. The number of likely N-dealkylation sites (N-methyl/N-ethyl adjacent to an activating group) is 1. The van der Waals surface area contributed by atoms with Crippen molar-refractivity contribution in [1.29, 1.82) is 0 Å². The van der Waals surface area contributed by atoms with Crippen LogP contribution in [-0.4, -0.2) is 53.5 Å². The van der Waals surface area contributed by atoms with Gasteiger partial charge in [0.2, 0.25) is 5.88 Å². The number of piperazine rings is 1. The summed E-state index contributed by atoms with van der Waals surface area (Å²) in [6.07, 6.45) is 1.60. The first-order valence-corrected chi connectivity index (χ1v) is 8.78. The number of hydrogen-bond acceptors (Lipinski definition) is 4. The molecule has 1 aromatic heterocycles. The van der Waals surface area contributed by atoms with Crippen molar-refractivity contribution in [1.82, 2.24) is 20.1 Å². The Morgan fingerprint density at radius 1 is 1.23 bits per heavy atom. The van der Waals surface area contributed by atoms with Gasteiger partial charge in [-0.15, -0.1) is 0 Å². The number of amides is 2. The number of hydrogen-bond donors (Lipinski definition) is 1. The van der Waals surface area contributed by atoms with E-state index in [2.05, 4.69) is 22.1 Å². The van der Waals surface area contributed by atoms with Crippen LogP contribution in [0, 0.1) is 5.82 Å². The number of urea groups is 1. The highest BCUT2D eigenvalue weighted by molar-refractivity contribution is 5.74. The zero-order chi connectivity index (χ0) is 18.4. The van der Waals surface area contributed by atoms with E-state index < -0.39 is 0 Å². The molecule has 2 heterocycles. The lowest BCUT2D eigenvalue weighted by Crippen LogP contribution is -2.51. The quantitative estimate of drug-likeness (QED) is 0.893. The summed E-state index contributed by atoms with van der Waals surface area (Å²) in [6, 6.07) is 9.39. The molecular weight excluding hydrogens is 335 g/mol. The van der Waals surface area contributed by atoms with Gasteiger partial charge in [0.05, 0.1) is 0 Å². The third-order valence-electron chi connectivity index (χ3n) is 4.40. The molecule has 2 amide bonds. The average molecular weight is 358 g/mol. The Morgan fingerprint density at radius 3 is 2.77 bits per heavy atom. The van der Waals surface area contributed by atoms with E-state index in [0.717, 1.165) is 38.3 Å². The molecule has 1 aromatic carbocycles.